The summed E-state index contributed by atoms with van der Waals surface area (Å²) < 4.78 is 39.9. The zero-order chi connectivity index (χ0) is 18.4. The fourth-order valence-corrected chi connectivity index (χ4v) is 1.93. The predicted octanol–water partition coefficient (Wildman–Crippen LogP) is 3.61. The van der Waals surface area contributed by atoms with Crippen LogP contribution in [0.25, 0.3) is 0 Å². The van der Waals surface area contributed by atoms with Crippen molar-refractivity contribution in [3.05, 3.63) is 59.1 Å². The van der Waals surface area contributed by atoms with Gasteiger partial charge in [0.25, 0.3) is 5.91 Å². The fourth-order valence-electron chi connectivity index (χ4n) is 1.81. The summed E-state index contributed by atoms with van der Waals surface area (Å²) in [7, 11) is 0. The highest BCUT2D eigenvalue weighted by atomic mass is 35.5. The van der Waals surface area contributed by atoms with E-state index in [0.717, 1.165) is 12.1 Å². The molecule has 0 saturated carbocycles. The van der Waals surface area contributed by atoms with Crippen LogP contribution in [0.1, 0.15) is 10.4 Å². The number of carbonyl (C=O) groups is 2. The molecule has 2 N–H and O–H groups in total. The molecular weight excluding hydrogens is 361 g/mol. The minimum atomic E-state index is -4.78. The summed E-state index contributed by atoms with van der Waals surface area (Å²) in [4.78, 5) is 23.6. The summed E-state index contributed by atoms with van der Waals surface area (Å²) in [5.74, 6) is -1.39. The van der Waals surface area contributed by atoms with Crippen molar-refractivity contribution < 1.29 is 27.5 Å². The topological polar surface area (TPSA) is 67.4 Å². The number of ether oxygens (including phenoxy) is 1. The minimum Gasteiger partial charge on any atom is -0.406 e. The standard InChI is InChI=1S/C16H12ClF3N2O3/c17-11-3-1-10(2-4-11)15(24)21-9-14(23)22-12-5-7-13(8-6-12)25-16(18,19)20/h1-8H,9H2,(H,21,24)(H,22,23). The first kappa shape index (κ1) is 18.6. The minimum absolute atomic E-state index is 0.264. The zero-order valence-corrected chi connectivity index (χ0v) is 13.3. The third-order valence-corrected chi connectivity index (χ3v) is 3.14. The van der Waals surface area contributed by atoms with Crippen LogP contribution in [0.4, 0.5) is 18.9 Å². The zero-order valence-electron chi connectivity index (χ0n) is 12.6. The molecule has 9 heteroatoms. The second-order valence-electron chi connectivity index (χ2n) is 4.81. The lowest BCUT2D eigenvalue weighted by Gasteiger charge is -2.10. The first-order chi connectivity index (χ1) is 11.7. The first-order valence-electron chi connectivity index (χ1n) is 6.92. The number of hydrogen-bond acceptors (Lipinski definition) is 3. The first-order valence-corrected chi connectivity index (χ1v) is 7.30. The molecule has 0 aliphatic carbocycles. The van der Waals surface area contributed by atoms with Gasteiger partial charge < -0.3 is 15.4 Å². The maximum absolute atomic E-state index is 12.1. The smallest absolute Gasteiger partial charge is 0.406 e. The van der Waals surface area contributed by atoms with E-state index in [-0.39, 0.29) is 12.2 Å². The Hall–Kier alpha value is -2.74. The quantitative estimate of drug-likeness (QED) is 0.842. The van der Waals surface area contributed by atoms with E-state index >= 15 is 0 Å². The van der Waals surface area contributed by atoms with Crippen LogP contribution in [0.3, 0.4) is 0 Å². The Bertz CT molecular complexity index is 747. The van der Waals surface area contributed by atoms with E-state index in [2.05, 4.69) is 15.4 Å². The second-order valence-corrected chi connectivity index (χ2v) is 5.25. The van der Waals surface area contributed by atoms with Crippen LogP contribution in [-0.2, 0) is 4.79 Å². The van der Waals surface area contributed by atoms with Gasteiger partial charge >= 0.3 is 6.36 Å². The molecule has 0 bridgehead atoms. The lowest BCUT2D eigenvalue weighted by atomic mass is 10.2. The van der Waals surface area contributed by atoms with Gasteiger partial charge in [-0.05, 0) is 48.5 Å². The molecule has 132 valence electrons. The summed E-state index contributed by atoms with van der Waals surface area (Å²) in [6.45, 7) is -0.303. The van der Waals surface area contributed by atoms with Crippen molar-refractivity contribution in [1.29, 1.82) is 0 Å². The molecule has 2 amide bonds. The van der Waals surface area contributed by atoms with Gasteiger partial charge in [0.1, 0.15) is 5.75 Å². The molecule has 0 saturated heterocycles. The van der Waals surface area contributed by atoms with Gasteiger partial charge in [0.05, 0.1) is 6.54 Å². The number of carbonyl (C=O) groups excluding carboxylic acids is 2. The molecule has 0 atom stereocenters. The lowest BCUT2D eigenvalue weighted by Crippen LogP contribution is -2.32. The monoisotopic (exact) mass is 372 g/mol. The van der Waals surface area contributed by atoms with Gasteiger partial charge in [0, 0.05) is 16.3 Å². The Morgan fingerprint density at radius 1 is 1.00 bits per heavy atom. The third-order valence-electron chi connectivity index (χ3n) is 2.89. The van der Waals surface area contributed by atoms with Crippen molar-refractivity contribution >= 4 is 29.1 Å². The number of halogens is 4. The van der Waals surface area contributed by atoms with E-state index in [1.165, 1.54) is 24.3 Å². The van der Waals surface area contributed by atoms with Gasteiger partial charge in [-0.25, -0.2) is 0 Å². The third kappa shape index (κ3) is 6.34. The maximum atomic E-state index is 12.1. The molecule has 0 aliphatic rings. The normalized spacial score (nSPS) is 10.9. The van der Waals surface area contributed by atoms with E-state index in [1.54, 1.807) is 12.1 Å². The lowest BCUT2D eigenvalue weighted by molar-refractivity contribution is -0.274. The molecule has 0 unspecified atom stereocenters. The Morgan fingerprint density at radius 3 is 2.16 bits per heavy atom. The van der Waals surface area contributed by atoms with Crippen LogP contribution < -0.4 is 15.4 Å². The van der Waals surface area contributed by atoms with Gasteiger partial charge in [0.15, 0.2) is 0 Å². The van der Waals surface area contributed by atoms with Crippen LogP contribution >= 0.6 is 11.6 Å². The number of nitrogens with one attached hydrogen (secondary N) is 2. The highest BCUT2D eigenvalue weighted by Gasteiger charge is 2.30. The van der Waals surface area contributed by atoms with Crippen molar-refractivity contribution in [3.63, 3.8) is 0 Å². The Kier molecular flexibility index (Phi) is 5.87. The number of benzene rings is 2. The van der Waals surface area contributed by atoms with Crippen LogP contribution in [0.5, 0.6) is 5.75 Å². The van der Waals surface area contributed by atoms with Crippen molar-refractivity contribution in [2.45, 2.75) is 6.36 Å². The van der Waals surface area contributed by atoms with E-state index in [1.807, 2.05) is 0 Å². The molecule has 0 radical (unpaired) electrons. The highest BCUT2D eigenvalue weighted by Crippen LogP contribution is 2.23. The summed E-state index contributed by atoms with van der Waals surface area (Å²) in [6, 6.07) is 10.7. The van der Waals surface area contributed by atoms with Crippen LogP contribution in [0.2, 0.25) is 5.02 Å². The van der Waals surface area contributed by atoms with Crippen LogP contribution in [0.15, 0.2) is 48.5 Å². The molecule has 0 fully saturated rings. The number of alkyl halides is 3. The number of anilines is 1. The molecule has 2 rings (SSSR count). The van der Waals surface area contributed by atoms with E-state index in [4.69, 9.17) is 11.6 Å². The summed E-state index contributed by atoms with van der Waals surface area (Å²) >= 11 is 5.71. The van der Waals surface area contributed by atoms with Gasteiger partial charge in [-0.15, -0.1) is 13.2 Å². The second kappa shape index (κ2) is 7.89. The number of hydrogen-bond donors (Lipinski definition) is 2. The SMILES string of the molecule is O=C(CNC(=O)c1ccc(Cl)cc1)Nc1ccc(OC(F)(F)F)cc1. The van der Waals surface area contributed by atoms with Crippen LogP contribution in [0, 0.1) is 0 Å². The van der Waals surface area contributed by atoms with Gasteiger partial charge in [-0.3, -0.25) is 9.59 Å². The van der Waals surface area contributed by atoms with Gasteiger partial charge in [0.2, 0.25) is 5.91 Å². The largest absolute Gasteiger partial charge is 0.573 e. The molecule has 5 nitrogen and oxygen atoms in total. The van der Waals surface area contributed by atoms with E-state index < -0.39 is 23.9 Å². The van der Waals surface area contributed by atoms with Crippen molar-refractivity contribution in [1.82, 2.24) is 5.32 Å². The molecule has 0 spiro atoms. The molecule has 2 aromatic carbocycles. The molecular formula is C16H12ClF3N2O3. The number of amides is 2. The molecule has 0 aliphatic heterocycles. The molecule has 2 aromatic rings. The highest BCUT2D eigenvalue weighted by molar-refractivity contribution is 6.30. The molecule has 0 aromatic heterocycles. The number of rotatable bonds is 5. The van der Waals surface area contributed by atoms with Crippen molar-refractivity contribution in [3.8, 4) is 5.75 Å². The summed E-state index contributed by atoms with van der Waals surface area (Å²) in [5.41, 5.74) is 0.603. The fraction of sp³-hybridized carbons (Fsp3) is 0.125. The Morgan fingerprint density at radius 2 is 1.60 bits per heavy atom. The summed E-state index contributed by atoms with van der Waals surface area (Å²) in [6.07, 6.45) is -4.78. The van der Waals surface area contributed by atoms with E-state index in [9.17, 15) is 22.8 Å². The van der Waals surface area contributed by atoms with Crippen LogP contribution in [-0.4, -0.2) is 24.7 Å². The Labute approximate surface area is 145 Å². The van der Waals surface area contributed by atoms with E-state index in [0.29, 0.717) is 10.6 Å². The Balaban J connectivity index is 1.83. The van der Waals surface area contributed by atoms with Gasteiger partial charge in [-0.1, -0.05) is 11.6 Å². The molecule has 0 heterocycles. The van der Waals surface area contributed by atoms with Gasteiger partial charge in [-0.2, -0.15) is 0 Å². The average Bonchev–Trinajstić information content (AvgIpc) is 2.54. The molecule has 25 heavy (non-hydrogen) atoms. The maximum Gasteiger partial charge on any atom is 0.573 e. The van der Waals surface area contributed by atoms with Crippen molar-refractivity contribution in [2.75, 3.05) is 11.9 Å². The average molecular weight is 373 g/mol. The predicted molar refractivity (Wildman–Crippen MR) is 85.5 cm³/mol. The summed E-state index contributed by atoms with van der Waals surface area (Å²) in [5, 5.41) is 5.33. The van der Waals surface area contributed by atoms with Crippen molar-refractivity contribution in [2.24, 2.45) is 0 Å².